The summed E-state index contributed by atoms with van der Waals surface area (Å²) in [7, 11) is 0. The molecule has 0 saturated carbocycles. The summed E-state index contributed by atoms with van der Waals surface area (Å²) in [5, 5.41) is 0. The zero-order chi connectivity index (χ0) is 8.27. The maximum absolute atomic E-state index is 12.4. The lowest BCUT2D eigenvalue weighted by Gasteiger charge is -2.01. The molecule has 1 atom stereocenters. The van der Waals surface area contributed by atoms with Crippen LogP contribution in [0.1, 0.15) is 18.4 Å². The lowest BCUT2D eigenvalue weighted by Crippen LogP contribution is -1.93. The van der Waals surface area contributed by atoms with Crippen LogP contribution >= 0.6 is 0 Å². The number of aldehydes is 1. The van der Waals surface area contributed by atoms with Crippen molar-refractivity contribution >= 4 is 6.29 Å². The van der Waals surface area contributed by atoms with Crippen molar-refractivity contribution in [3.05, 3.63) is 35.6 Å². The average Bonchev–Trinajstić information content (AvgIpc) is 2.05. The van der Waals surface area contributed by atoms with Crippen molar-refractivity contribution in [3.8, 4) is 0 Å². The summed E-state index contributed by atoms with van der Waals surface area (Å²) >= 11 is 0. The number of rotatable bonds is 2. The Morgan fingerprint density at radius 2 is 1.91 bits per heavy atom. The molecule has 1 unspecified atom stereocenters. The van der Waals surface area contributed by atoms with Gasteiger partial charge >= 0.3 is 0 Å². The summed E-state index contributed by atoms with van der Waals surface area (Å²) in [6.45, 7) is 1.78. The van der Waals surface area contributed by atoms with E-state index in [1.165, 1.54) is 12.1 Å². The van der Waals surface area contributed by atoms with Crippen molar-refractivity contribution in [2.75, 3.05) is 0 Å². The number of carbonyl (C=O) groups excluding carboxylic acids is 1. The normalized spacial score (nSPS) is 12.5. The highest BCUT2D eigenvalue weighted by atomic mass is 19.1. The molecule has 2 heteroatoms. The zero-order valence-electron chi connectivity index (χ0n) is 6.25. The second kappa shape index (κ2) is 3.28. The molecule has 0 spiro atoms. The van der Waals surface area contributed by atoms with Crippen molar-refractivity contribution < 1.29 is 9.18 Å². The summed E-state index contributed by atoms with van der Waals surface area (Å²) in [6.07, 6.45) is 0.841. The molecule has 0 aliphatic carbocycles. The molecule has 0 fully saturated rings. The van der Waals surface area contributed by atoms with Gasteiger partial charge in [-0.3, -0.25) is 0 Å². The Kier molecular flexibility index (Phi) is 2.36. The molecule has 11 heavy (non-hydrogen) atoms. The molecule has 0 radical (unpaired) electrons. The molecule has 0 saturated heterocycles. The summed E-state index contributed by atoms with van der Waals surface area (Å²) < 4.78 is 12.4. The fourth-order valence-corrected chi connectivity index (χ4v) is 0.845. The van der Waals surface area contributed by atoms with E-state index in [4.69, 9.17) is 0 Å². The summed E-state index contributed by atoms with van der Waals surface area (Å²) in [4.78, 5) is 10.3. The summed E-state index contributed by atoms with van der Waals surface area (Å²) in [6, 6.07) is 5.95. The highest BCUT2D eigenvalue weighted by Gasteiger charge is 2.01. The first-order valence-corrected chi connectivity index (χ1v) is 3.45. The molecule has 58 valence electrons. The van der Waals surface area contributed by atoms with Gasteiger partial charge in [-0.15, -0.1) is 0 Å². The van der Waals surface area contributed by atoms with Gasteiger partial charge in [-0.1, -0.05) is 19.1 Å². The monoisotopic (exact) mass is 152 g/mol. The lowest BCUT2D eigenvalue weighted by atomic mass is 10.0. The Labute approximate surface area is 64.9 Å². The Bertz CT molecular complexity index is 240. The topological polar surface area (TPSA) is 17.1 Å². The fraction of sp³-hybridized carbons (Fsp3) is 0.222. The maximum atomic E-state index is 12.4. The van der Waals surface area contributed by atoms with Gasteiger partial charge in [0.05, 0.1) is 0 Å². The largest absolute Gasteiger partial charge is 0.303 e. The summed E-state index contributed by atoms with van der Waals surface area (Å²) in [5.41, 5.74) is 0.849. The molecule has 0 aliphatic rings. The van der Waals surface area contributed by atoms with Gasteiger partial charge in [-0.05, 0) is 17.7 Å². The summed E-state index contributed by atoms with van der Waals surface area (Å²) in [5.74, 6) is -0.414. The van der Waals surface area contributed by atoms with E-state index < -0.39 is 0 Å². The van der Waals surface area contributed by atoms with Crippen LogP contribution in [0.15, 0.2) is 24.3 Å². The van der Waals surface area contributed by atoms with E-state index in [0.29, 0.717) is 0 Å². The minimum atomic E-state index is -0.271. The van der Waals surface area contributed by atoms with Crippen LogP contribution < -0.4 is 0 Å². The van der Waals surface area contributed by atoms with Gasteiger partial charge in [-0.2, -0.15) is 0 Å². The Hall–Kier alpha value is -1.18. The van der Waals surface area contributed by atoms with Gasteiger partial charge in [0.2, 0.25) is 0 Å². The third-order valence-corrected chi connectivity index (χ3v) is 1.60. The first-order valence-electron chi connectivity index (χ1n) is 3.45. The van der Waals surface area contributed by atoms with Crippen LogP contribution in [0.25, 0.3) is 0 Å². The highest BCUT2D eigenvalue weighted by Crippen LogP contribution is 2.12. The molecule has 1 aromatic rings. The van der Waals surface area contributed by atoms with E-state index >= 15 is 0 Å². The van der Waals surface area contributed by atoms with Gasteiger partial charge in [0, 0.05) is 5.92 Å². The third kappa shape index (κ3) is 1.87. The molecule has 0 N–H and O–H groups in total. The lowest BCUT2D eigenvalue weighted by molar-refractivity contribution is -0.108. The number of carbonyl (C=O) groups is 1. The van der Waals surface area contributed by atoms with Crippen LogP contribution in [0.4, 0.5) is 4.39 Å². The molecule has 0 heterocycles. The minimum absolute atomic E-state index is 0.143. The van der Waals surface area contributed by atoms with Crippen molar-refractivity contribution in [1.82, 2.24) is 0 Å². The van der Waals surface area contributed by atoms with E-state index in [1.54, 1.807) is 19.1 Å². The van der Waals surface area contributed by atoms with E-state index in [2.05, 4.69) is 0 Å². The van der Waals surface area contributed by atoms with Crippen molar-refractivity contribution in [3.63, 3.8) is 0 Å². The Morgan fingerprint density at radius 3 is 2.36 bits per heavy atom. The van der Waals surface area contributed by atoms with Crippen LogP contribution in [-0.4, -0.2) is 6.29 Å². The van der Waals surface area contributed by atoms with Gasteiger partial charge in [-0.25, -0.2) is 4.39 Å². The highest BCUT2D eigenvalue weighted by molar-refractivity contribution is 5.61. The Morgan fingerprint density at radius 1 is 1.36 bits per heavy atom. The Balaban J connectivity index is 2.89. The van der Waals surface area contributed by atoms with Crippen LogP contribution in [0, 0.1) is 5.82 Å². The quantitative estimate of drug-likeness (QED) is 0.593. The van der Waals surface area contributed by atoms with E-state index in [1.807, 2.05) is 0 Å². The molecule has 1 aromatic carbocycles. The molecule has 0 aromatic heterocycles. The zero-order valence-corrected chi connectivity index (χ0v) is 6.25. The molecule has 0 amide bonds. The first kappa shape index (κ1) is 7.92. The second-order valence-electron chi connectivity index (χ2n) is 2.48. The van der Waals surface area contributed by atoms with Crippen LogP contribution in [0.2, 0.25) is 0 Å². The molecule has 1 rings (SSSR count). The van der Waals surface area contributed by atoms with E-state index in [0.717, 1.165) is 11.8 Å². The molecule has 1 nitrogen and oxygen atoms in total. The van der Waals surface area contributed by atoms with E-state index in [9.17, 15) is 9.18 Å². The SMILES string of the molecule is CC(C=O)c1ccc(F)cc1. The number of halogens is 1. The number of benzene rings is 1. The number of hydrogen-bond acceptors (Lipinski definition) is 1. The average molecular weight is 152 g/mol. The van der Waals surface area contributed by atoms with Crippen LogP contribution in [-0.2, 0) is 4.79 Å². The third-order valence-electron chi connectivity index (χ3n) is 1.60. The number of hydrogen-bond donors (Lipinski definition) is 0. The predicted molar refractivity (Wildman–Crippen MR) is 40.9 cm³/mol. The van der Waals surface area contributed by atoms with Crippen molar-refractivity contribution in [2.24, 2.45) is 0 Å². The van der Waals surface area contributed by atoms with Crippen LogP contribution in [0.3, 0.4) is 0 Å². The van der Waals surface area contributed by atoms with Crippen molar-refractivity contribution in [2.45, 2.75) is 12.8 Å². The van der Waals surface area contributed by atoms with Gasteiger partial charge < -0.3 is 4.79 Å². The first-order chi connectivity index (χ1) is 5.24. The maximum Gasteiger partial charge on any atom is 0.127 e. The molecule has 0 aliphatic heterocycles. The smallest absolute Gasteiger partial charge is 0.127 e. The molecular weight excluding hydrogens is 143 g/mol. The van der Waals surface area contributed by atoms with Gasteiger partial charge in [0.25, 0.3) is 0 Å². The molecule has 0 bridgehead atoms. The van der Waals surface area contributed by atoms with E-state index in [-0.39, 0.29) is 11.7 Å². The second-order valence-corrected chi connectivity index (χ2v) is 2.48. The van der Waals surface area contributed by atoms with Gasteiger partial charge in [0.1, 0.15) is 12.1 Å². The van der Waals surface area contributed by atoms with Crippen molar-refractivity contribution in [1.29, 1.82) is 0 Å². The predicted octanol–water partition coefficient (Wildman–Crippen LogP) is 2.13. The minimum Gasteiger partial charge on any atom is -0.303 e. The fourth-order valence-electron chi connectivity index (χ4n) is 0.845. The standard InChI is InChI=1S/C9H9FO/c1-7(6-11)8-2-4-9(10)5-3-8/h2-7H,1H3. The van der Waals surface area contributed by atoms with Crippen LogP contribution in [0.5, 0.6) is 0 Å². The molecular formula is C9H9FO. The van der Waals surface area contributed by atoms with Gasteiger partial charge in [0.15, 0.2) is 0 Å².